The average Bonchev–Trinajstić information content (AvgIpc) is 2.68. The van der Waals surface area contributed by atoms with Gasteiger partial charge in [-0.05, 0) is 36.1 Å². The van der Waals surface area contributed by atoms with Crippen molar-refractivity contribution in [2.75, 3.05) is 6.54 Å². The van der Waals surface area contributed by atoms with Crippen molar-refractivity contribution in [1.29, 1.82) is 0 Å². The van der Waals surface area contributed by atoms with Gasteiger partial charge in [0, 0.05) is 6.04 Å². The minimum atomic E-state index is -0.199. The van der Waals surface area contributed by atoms with Crippen LogP contribution in [0.1, 0.15) is 25.5 Å². The van der Waals surface area contributed by atoms with Crippen molar-refractivity contribution in [3.63, 3.8) is 0 Å². The molecule has 0 saturated carbocycles. The number of fused-ring (bicyclic) bond motifs is 1. The maximum absolute atomic E-state index is 11.2. The van der Waals surface area contributed by atoms with Gasteiger partial charge in [0.15, 0.2) is 0 Å². The molecule has 2 aromatic rings. The van der Waals surface area contributed by atoms with Crippen molar-refractivity contribution >= 4 is 11.0 Å². The number of hydrogen-bond donors (Lipinski definition) is 4. The minimum Gasteiger partial charge on any atom is -0.330 e. The summed E-state index contributed by atoms with van der Waals surface area (Å²) in [6, 6.07) is 5.62. The van der Waals surface area contributed by atoms with Crippen molar-refractivity contribution in [2.24, 2.45) is 23.3 Å². The van der Waals surface area contributed by atoms with Crippen LogP contribution in [0.4, 0.5) is 0 Å². The highest BCUT2D eigenvalue weighted by molar-refractivity contribution is 5.75. The molecule has 0 fully saturated rings. The van der Waals surface area contributed by atoms with Gasteiger partial charge >= 0.3 is 5.69 Å². The van der Waals surface area contributed by atoms with Gasteiger partial charge in [0.25, 0.3) is 0 Å². The molecule has 2 atom stereocenters. The molecule has 0 radical (unpaired) electrons. The molecule has 0 saturated heterocycles. The summed E-state index contributed by atoms with van der Waals surface area (Å²) in [6.07, 6.45) is 0. The highest BCUT2D eigenvalue weighted by Crippen LogP contribution is 2.26. The maximum atomic E-state index is 11.2. The molecule has 5 heteroatoms. The number of H-pyrrole nitrogens is 2. The van der Waals surface area contributed by atoms with Crippen molar-refractivity contribution in [1.82, 2.24) is 9.97 Å². The monoisotopic (exact) mass is 248 g/mol. The van der Waals surface area contributed by atoms with Gasteiger partial charge in [-0.1, -0.05) is 19.9 Å². The Balaban J connectivity index is 2.37. The van der Waals surface area contributed by atoms with Crippen LogP contribution in [0.25, 0.3) is 11.0 Å². The molecule has 5 nitrogen and oxygen atoms in total. The standard InChI is InChI=1S/C13H20N4O/c1-7(2)9(6-14)12(15)8-3-4-10-11(5-8)17-13(18)16-10/h3-5,7,9,12H,6,14-15H2,1-2H3,(H2,16,17,18). The van der Waals surface area contributed by atoms with E-state index in [9.17, 15) is 4.79 Å². The van der Waals surface area contributed by atoms with E-state index >= 15 is 0 Å². The van der Waals surface area contributed by atoms with Gasteiger partial charge in [-0.25, -0.2) is 4.79 Å². The van der Waals surface area contributed by atoms with Crippen LogP contribution < -0.4 is 17.2 Å². The molecule has 0 aliphatic rings. The number of rotatable bonds is 4. The number of aromatic amines is 2. The zero-order chi connectivity index (χ0) is 13.3. The van der Waals surface area contributed by atoms with Gasteiger partial charge in [0.05, 0.1) is 11.0 Å². The quantitative estimate of drug-likeness (QED) is 0.651. The summed E-state index contributed by atoms with van der Waals surface area (Å²) in [6.45, 7) is 4.79. The average molecular weight is 248 g/mol. The highest BCUT2D eigenvalue weighted by atomic mass is 16.1. The van der Waals surface area contributed by atoms with E-state index in [1.165, 1.54) is 0 Å². The van der Waals surface area contributed by atoms with E-state index in [1.54, 1.807) is 0 Å². The summed E-state index contributed by atoms with van der Waals surface area (Å²) in [5.41, 5.74) is 14.4. The largest absolute Gasteiger partial charge is 0.330 e. The summed E-state index contributed by atoms with van der Waals surface area (Å²) in [4.78, 5) is 16.7. The van der Waals surface area contributed by atoms with Gasteiger partial charge in [0.2, 0.25) is 0 Å². The number of imidazole rings is 1. The lowest BCUT2D eigenvalue weighted by Gasteiger charge is -2.26. The molecule has 1 heterocycles. The van der Waals surface area contributed by atoms with E-state index in [-0.39, 0.29) is 17.6 Å². The molecular formula is C13H20N4O. The second kappa shape index (κ2) is 4.96. The summed E-state index contributed by atoms with van der Waals surface area (Å²) in [5, 5.41) is 0. The first-order valence-corrected chi connectivity index (χ1v) is 6.20. The van der Waals surface area contributed by atoms with E-state index < -0.39 is 0 Å². The Morgan fingerprint density at radius 3 is 2.50 bits per heavy atom. The van der Waals surface area contributed by atoms with Crippen LogP contribution >= 0.6 is 0 Å². The molecular weight excluding hydrogens is 228 g/mol. The Morgan fingerprint density at radius 2 is 1.89 bits per heavy atom. The second-order valence-electron chi connectivity index (χ2n) is 5.05. The topological polar surface area (TPSA) is 101 Å². The van der Waals surface area contributed by atoms with E-state index in [4.69, 9.17) is 11.5 Å². The molecule has 0 aliphatic carbocycles. The predicted octanol–water partition coefficient (Wildman–Crippen LogP) is 1.09. The van der Waals surface area contributed by atoms with Crippen LogP contribution in [0.2, 0.25) is 0 Å². The normalized spacial score (nSPS) is 15.2. The molecule has 98 valence electrons. The van der Waals surface area contributed by atoms with E-state index in [0.717, 1.165) is 16.6 Å². The minimum absolute atomic E-state index is 0.113. The summed E-state index contributed by atoms with van der Waals surface area (Å²) >= 11 is 0. The fourth-order valence-corrected chi connectivity index (χ4v) is 2.34. The highest BCUT2D eigenvalue weighted by Gasteiger charge is 2.21. The summed E-state index contributed by atoms with van der Waals surface area (Å²) < 4.78 is 0. The Hall–Kier alpha value is -1.59. The van der Waals surface area contributed by atoms with E-state index in [2.05, 4.69) is 23.8 Å². The molecule has 1 aromatic heterocycles. The lowest BCUT2D eigenvalue weighted by molar-refractivity contribution is 0.331. The summed E-state index contributed by atoms with van der Waals surface area (Å²) in [5.74, 6) is 0.652. The van der Waals surface area contributed by atoms with Gasteiger partial charge in [0.1, 0.15) is 0 Å². The van der Waals surface area contributed by atoms with Gasteiger partial charge in [-0.3, -0.25) is 0 Å². The first-order chi connectivity index (χ1) is 8.52. The molecule has 2 rings (SSSR count). The molecule has 0 aliphatic heterocycles. The Bertz CT molecular complexity index is 584. The van der Waals surface area contributed by atoms with Gasteiger partial charge in [-0.2, -0.15) is 0 Å². The smallest absolute Gasteiger partial charge is 0.323 e. The van der Waals surface area contributed by atoms with Crippen molar-refractivity contribution < 1.29 is 0 Å². The Kier molecular flexibility index (Phi) is 3.54. The lowest BCUT2D eigenvalue weighted by Crippen LogP contribution is -2.31. The molecule has 0 spiro atoms. The Morgan fingerprint density at radius 1 is 1.22 bits per heavy atom. The van der Waals surface area contributed by atoms with Crippen molar-refractivity contribution in [3.05, 3.63) is 34.2 Å². The predicted molar refractivity (Wildman–Crippen MR) is 73.2 cm³/mol. The first kappa shape index (κ1) is 12.9. The third-order valence-corrected chi connectivity index (χ3v) is 3.51. The Labute approximate surface area is 106 Å². The lowest BCUT2D eigenvalue weighted by atomic mass is 9.85. The van der Waals surface area contributed by atoms with Crippen LogP contribution in [-0.2, 0) is 0 Å². The van der Waals surface area contributed by atoms with E-state index in [1.807, 2.05) is 18.2 Å². The number of nitrogens with one attached hydrogen (secondary N) is 2. The number of benzene rings is 1. The molecule has 6 N–H and O–H groups in total. The molecule has 0 bridgehead atoms. The SMILES string of the molecule is CC(C)C(CN)C(N)c1ccc2[nH]c(=O)[nH]c2c1. The second-order valence-corrected chi connectivity index (χ2v) is 5.05. The zero-order valence-electron chi connectivity index (χ0n) is 10.7. The third kappa shape index (κ3) is 2.32. The fraction of sp³-hybridized carbons (Fsp3) is 0.462. The molecule has 2 unspecified atom stereocenters. The maximum Gasteiger partial charge on any atom is 0.323 e. The molecule has 18 heavy (non-hydrogen) atoms. The molecule has 1 aromatic carbocycles. The van der Waals surface area contributed by atoms with Gasteiger partial charge in [-0.15, -0.1) is 0 Å². The molecule has 0 amide bonds. The number of hydrogen-bond acceptors (Lipinski definition) is 3. The van der Waals surface area contributed by atoms with E-state index in [0.29, 0.717) is 12.5 Å². The van der Waals surface area contributed by atoms with Crippen molar-refractivity contribution in [2.45, 2.75) is 19.9 Å². The van der Waals surface area contributed by atoms with Crippen LogP contribution in [0.15, 0.2) is 23.0 Å². The number of aromatic nitrogens is 2. The van der Waals surface area contributed by atoms with Crippen LogP contribution in [0, 0.1) is 11.8 Å². The third-order valence-electron chi connectivity index (χ3n) is 3.51. The first-order valence-electron chi connectivity index (χ1n) is 6.20. The van der Waals surface area contributed by atoms with Gasteiger partial charge < -0.3 is 21.4 Å². The summed E-state index contributed by atoms with van der Waals surface area (Å²) in [7, 11) is 0. The van der Waals surface area contributed by atoms with Crippen LogP contribution in [0.3, 0.4) is 0 Å². The van der Waals surface area contributed by atoms with Crippen LogP contribution in [0.5, 0.6) is 0 Å². The zero-order valence-corrected chi connectivity index (χ0v) is 10.7. The fourth-order valence-electron chi connectivity index (χ4n) is 2.34. The van der Waals surface area contributed by atoms with Crippen molar-refractivity contribution in [3.8, 4) is 0 Å². The van der Waals surface area contributed by atoms with Crippen LogP contribution in [-0.4, -0.2) is 16.5 Å². The number of nitrogens with two attached hydrogens (primary N) is 2.